The molecule has 1 unspecified atom stereocenters. The zero-order valence-corrected chi connectivity index (χ0v) is 29.1. The van der Waals surface area contributed by atoms with Crippen molar-refractivity contribution in [3.8, 4) is 16.5 Å². The van der Waals surface area contributed by atoms with Crippen LogP contribution in [0.5, 0.6) is 5.75 Å². The van der Waals surface area contributed by atoms with Gasteiger partial charge < -0.3 is 33.3 Å². The average molecular weight is 655 g/mol. The second-order valence-electron chi connectivity index (χ2n) is 13.1. The van der Waals surface area contributed by atoms with Gasteiger partial charge in [0.05, 0.1) is 36.4 Å². The number of hydrogen-bond donors (Lipinski definition) is 0. The number of oxazole rings is 1. The van der Waals surface area contributed by atoms with E-state index >= 15 is 0 Å². The molecule has 0 spiro atoms. The lowest BCUT2D eigenvalue weighted by molar-refractivity contribution is -0.165. The van der Waals surface area contributed by atoms with E-state index in [0.717, 1.165) is 31.5 Å². The Labute approximate surface area is 275 Å². The number of hydrogen-bond acceptors (Lipinski definition) is 10. The van der Waals surface area contributed by atoms with Crippen molar-refractivity contribution in [2.45, 2.75) is 77.7 Å². The zero-order chi connectivity index (χ0) is 33.8. The summed E-state index contributed by atoms with van der Waals surface area (Å²) in [6.07, 6.45) is 4.82. The molecule has 11 nitrogen and oxygen atoms in total. The molecule has 46 heavy (non-hydrogen) atoms. The molecule has 0 radical (unpaired) electrons. The van der Waals surface area contributed by atoms with Crippen molar-refractivity contribution in [1.82, 2.24) is 14.8 Å². The molecule has 0 N–H and O–H groups in total. The number of piperidine rings is 1. The fourth-order valence-electron chi connectivity index (χ4n) is 5.31. The Balaban J connectivity index is 1.77. The van der Waals surface area contributed by atoms with Crippen molar-refractivity contribution in [3.63, 3.8) is 0 Å². The molecule has 3 heterocycles. The molecular formula is C34H46N4O7S. The smallest absolute Gasteiger partial charge is 0.331 e. The molecule has 1 aliphatic heterocycles. The number of carbonyl (C=O) groups is 3. The molecule has 1 aromatic carbocycles. The molecule has 1 aliphatic rings. The second kappa shape index (κ2) is 14.4. The van der Waals surface area contributed by atoms with E-state index in [9.17, 15) is 14.4 Å². The highest BCUT2D eigenvalue weighted by Crippen LogP contribution is 2.43. The highest BCUT2D eigenvalue weighted by molar-refractivity contribution is 7.20. The molecule has 4 rings (SSSR count). The van der Waals surface area contributed by atoms with E-state index in [1.165, 1.54) is 33.6 Å². The maximum atomic E-state index is 14.4. The van der Waals surface area contributed by atoms with Crippen LogP contribution in [-0.2, 0) is 19.1 Å². The fourth-order valence-corrected chi connectivity index (χ4v) is 6.52. The first-order chi connectivity index (χ1) is 21.7. The van der Waals surface area contributed by atoms with Crippen LogP contribution in [0.3, 0.4) is 0 Å². The maximum Gasteiger partial charge on any atom is 0.331 e. The van der Waals surface area contributed by atoms with Gasteiger partial charge in [-0.15, -0.1) is 11.3 Å². The number of likely N-dealkylation sites (tertiary alicyclic amines) is 1. The third-order valence-electron chi connectivity index (χ3n) is 8.27. The van der Waals surface area contributed by atoms with Gasteiger partial charge in [0.1, 0.15) is 34.3 Å². The lowest BCUT2D eigenvalue weighted by atomic mass is 10.0. The van der Waals surface area contributed by atoms with Gasteiger partial charge in [0.2, 0.25) is 12.3 Å². The summed E-state index contributed by atoms with van der Waals surface area (Å²) < 4.78 is 23.7. The van der Waals surface area contributed by atoms with Crippen LogP contribution in [0.15, 0.2) is 41.1 Å². The number of anilines is 1. The molecule has 0 saturated carbocycles. The van der Waals surface area contributed by atoms with E-state index in [4.69, 9.17) is 18.6 Å². The largest absolute Gasteiger partial charge is 0.496 e. The first-order valence-corrected chi connectivity index (χ1v) is 16.2. The Kier molecular flexibility index (Phi) is 11.0. The maximum absolute atomic E-state index is 14.4. The van der Waals surface area contributed by atoms with E-state index in [2.05, 4.69) is 16.9 Å². The van der Waals surface area contributed by atoms with Crippen LogP contribution in [0.4, 0.5) is 5.00 Å². The van der Waals surface area contributed by atoms with Gasteiger partial charge in [-0.25, -0.2) is 9.78 Å². The van der Waals surface area contributed by atoms with Crippen molar-refractivity contribution in [3.05, 3.63) is 53.4 Å². The van der Waals surface area contributed by atoms with Crippen LogP contribution < -0.4 is 9.64 Å². The van der Waals surface area contributed by atoms with Crippen molar-refractivity contribution in [2.75, 3.05) is 45.7 Å². The highest BCUT2D eigenvalue weighted by atomic mass is 32.1. The van der Waals surface area contributed by atoms with Crippen molar-refractivity contribution < 1.29 is 33.0 Å². The quantitative estimate of drug-likeness (QED) is 0.179. The van der Waals surface area contributed by atoms with Crippen LogP contribution in [0.25, 0.3) is 10.8 Å². The Morgan fingerprint density at radius 1 is 1.17 bits per heavy atom. The van der Waals surface area contributed by atoms with Crippen molar-refractivity contribution in [1.29, 1.82) is 0 Å². The number of thiophene rings is 1. The summed E-state index contributed by atoms with van der Waals surface area (Å²) >= 11 is 1.23. The normalized spacial score (nSPS) is 15.3. The van der Waals surface area contributed by atoms with Crippen LogP contribution in [-0.4, -0.2) is 91.2 Å². The zero-order valence-electron chi connectivity index (χ0n) is 28.3. The molecule has 1 atom stereocenters. The second-order valence-corrected chi connectivity index (χ2v) is 14.1. The number of likely N-dealkylation sites (N-methyl/N-ethyl adjacent to an activating group) is 1. The number of methoxy groups -OCH3 is 1. The topological polar surface area (TPSA) is 115 Å². The molecule has 0 bridgehead atoms. The molecule has 2 aromatic heterocycles. The molecule has 12 heteroatoms. The molecule has 1 saturated heterocycles. The lowest BCUT2D eigenvalue weighted by Crippen LogP contribution is -2.53. The fraction of sp³-hybridized carbons (Fsp3) is 0.529. The average Bonchev–Trinajstić information content (AvgIpc) is 3.66. The SMILES string of the molecule is COc1ccccc1C(CN(C=O)c1sc(-c2ncco2)c(C)c1C(=O)N(C)C(C)(C)C(=O)OC(C)(C)C)OC1CCN(C)CC1. The number of rotatable bonds is 12. The summed E-state index contributed by atoms with van der Waals surface area (Å²) in [4.78, 5) is 50.6. The monoisotopic (exact) mass is 654 g/mol. The number of esters is 1. The minimum Gasteiger partial charge on any atom is -0.496 e. The van der Waals surface area contributed by atoms with Gasteiger partial charge in [-0.05, 0) is 73.1 Å². The van der Waals surface area contributed by atoms with Crippen molar-refractivity contribution in [2.24, 2.45) is 0 Å². The van der Waals surface area contributed by atoms with Gasteiger partial charge in [0, 0.05) is 25.7 Å². The molecule has 2 amide bonds. The summed E-state index contributed by atoms with van der Waals surface area (Å²) in [5.74, 6) is -0.0293. The van der Waals surface area contributed by atoms with Gasteiger partial charge in [-0.1, -0.05) is 18.2 Å². The number of para-hydroxylation sites is 1. The van der Waals surface area contributed by atoms with Crippen molar-refractivity contribution >= 4 is 34.6 Å². The predicted molar refractivity (Wildman–Crippen MR) is 177 cm³/mol. The number of carbonyl (C=O) groups excluding carboxylic acids is 3. The Morgan fingerprint density at radius 2 is 1.85 bits per heavy atom. The van der Waals surface area contributed by atoms with E-state index in [0.29, 0.717) is 33.5 Å². The van der Waals surface area contributed by atoms with Crippen LogP contribution in [0.1, 0.15) is 75.0 Å². The third kappa shape index (κ3) is 7.79. The number of benzene rings is 1. The summed E-state index contributed by atoms with van der Waals surface area (Å²) in [5.41, 5.74) is -0.413. The number of nitrogens with zero attached hydrogens (tertiary/aromatic N) is 4. The van der Waals surface area contributed by atoms with E-state index in [-0.39, 0.29) is 18.2 Å². The van der Waals surface area contributed by atoms with E-state index < -0.39 is 29.1 Å². The van der Waals surface area contributed by atoms with Gasteiger partial charge in [-0.2, -0.15) is 0 Å². The van der Waals surface area contributed by atoms with E-state index in [1.807, 2.05) is 24.3 Å². The number of aromatic nitrogens is 1. The van der Waals surface area contributed by atoms with E-state index in [1.54, 1.807) is 55.7 Å². The Bertz CT molecular complexity index is 1500. The molecule has 0 aliphatic carbocycles. The van der Waals surface area contributed by atoms with Gasteiger partial charge in [-0.3, -0.25) is 9.59 Å². The minimum atomic E-state index is -1.32. The summed E-state index contributed by atoms with van der Waals surface area (Å²) in [7, 11) is 5.25. The molecule has 250 valence electrons. The lowest BCUT2D eigenvalue weighted by Gasteiger charge is -2.36. The van der Waals surface area contributed by atoms with Gasteiger partial charge in [0.15, 0.2) is 0 Å². The van der Waals surface area contributed by atoms with Crippen LogP contribution in [0, 0.1) is 6.92 Å². The standard InChI is InChI=1S/C34H46N4O7S/c1-22-27(30(40)37(8)34(5,6)32(41)45-33(2,3)4)31(46-28(22)29-35-16-19-43-29)38(21-39)20-26(24-12-10-11-13-25(24)42-9)44-23-14-17-36(7)18-15-23/h10-13,16,19,21,23,26H,14-15,17-18,20H2,1-9H3. The van der Waals surface area contributed by atoms with Gasteiger partial charge >= 0.3 is 5.97 Å². The highest BCUT2D eigenvalue weighted by Gasteiger charge is 2.41. The third-order valence-corrected chi connectivity index (χ3v) is 9.59. The Morgan fingerprint density at radius 3 is 2.43 bits per heavy atom. The van der Waals surface area contributed by atoms with Crippen LogP contribution >= 0.6 is 11.3 Å². The first-order valence-electron chi connectivity index (χ1n) is 15.4. The summed E-state index contributed by atoms with van der Waals surface area (Å²) in [6.45, 7) is 12.3. The number of amides is 2. The number of ether oxygens (including phenoxy) is 3. The summed E-state index contributed by atoms with van der Waals surface area (Å²) in [6, 6.07) is 7.59. The Hall–Kier alpha value is -3.74. The molecule has 3 aromatic rings. The van der Waals surface area contributed by atoms with Crippen LogP contribution in [0.2, 0.25) is 0 Å². The molecule has 1 fully saturated rings. The first kappa shape index (κ1) is 35.1. The molecular weight excluding hydrogens is 608 g/mol. The summed E-state index contributed by atoms with van der Waals surface area (Å²) in [5, 5.41) is 0.393. The van der Waals surface area contributed by atoms with Gasteiger partial charge in [0.25, 0.3) is 5.91 Å². The predicted octanol–water partition coefficient (Wildman–Crippen LogP) is 5.73. The minimum absolute atomic E-state index is 0.0190.